The molecule has 1 rings (SSSR count). The predicted molar refractivity (Wildman–Crippen MR) is 40.9 cm³/mol. The molecular weight excluding hydrogens is 134 g/mol. The van der Waals surface area contributed by atoms with Gasteiger partial charge in [0.25, 0.3) is 0 Å². The number of hydrogen-bond donors (Lipinski definition) is 3. The standard InChI is InChI=1S/C6H13NOS/c8-5-6(9)2-1-3-7-4-6/h7-9H,1-5H2. The van der Waals surface area contributed by atoms with Gasteiger partial charge in [-0.3, -0.25) is 0 Å². The van der Waals surface area contributed by atoms with Gasteiger partial charge in [0.05, 0.1) is 6.61 Å². The summed E-state index contributed by atoms with van der Waals surface area (Å²) < 4.78 is -0.141. The van der Waals surface area contributed by atoms with Crippen LogP contribution < -0.4 is 5.32 Å². The molecular formula is C6H13NOS. The summed E-state index contributed by atoms with van der Waals surface area (Å²) in [4.78, 5) is 0. The molecule has 0 amide bonds. The first-order valence-corrected chi connectivity index (χ1v) is 3.75. The van der Waals surface area contributed by atoms with Gasteiger partial charge in [-0.25, -0.2) is 0 Å². The maximum absolute atomic E-state index is 8.83. The molecule has 1 atom stereocenters. The molecule has 0 saturated carbocycles. The van der Waals surface area contributed by atoms with Crippen LogP contribution in [0.3, 0.4) is 0 Å². The Balaban J connectivity index is 2.37. The molecule has 2 N–H and O–H groups in total. The molecule has 0 aromatic heterocycles. The molecule has 0 radical (unpaired) electrons. The van der Waals surface area contributed by atoms with Crippen molar-refractivity contribution in [3.05, 3.63) is 0 Å². The molecule has 1 aliphatic heterocycles. The molecule has 54 valence electrons. The highest BCUT2D eigenvalue weighted by atomic mass is 32.1. The van der Waals surface area contributed by atoms with Crippen molar-refractivity contribution in [1.29, 1.82) is 0 Å². The maximum Gasteiger partial charge on any atom is 0.0588 e. The van der Waals surface area contributed by atoms with E-state index in [0.29, 0.717) is 0 Å². The number of rotatable bonds is 1. The number of thiol groups is 1. The minimum Gasteiger partial charge on any atom is -0.395 e. The van der Waals surface area contributed by atoms with Crippen molar-refractivity contribution in [1.82, 2.24) is 5.32 Å². The zero-order valence-corrected chi connectivity index (χ0v) is 6.32. The normalized spacial score (nSPS) is 36.7. The Morgan fingerprint density at radius 1 is 1.67 bits per heavy atom. The minimum atomic E-state index is -0.141. The summed E-state index contributed by atoms with van der Waals surface area (Å²) in [6.07, 6.45) is 2.16. The molecule has 9 heavy (non-hydrogen) atoms. The average molecular weight is 147 g/mol. The van der Waals surface area contributed by atoms with Gasteiger partial charge in [0.2, 0.25) is 0 Å². The zero-order chi connectivity index (χ0) is 6.74. The quantitative estimate of drug-likeness (QED) is 0.457. The van der Waals surface area contributed by atoms with E-state index in [2.05, 4.69) is 17.9 Å². The number of hydrogen-bond acceptors (Lipinski definition) is 3. The smallest absolute Gasteiger partial charge is 0.0588 e. The second kappa shape index (κ2) is 2.90. The summed E-state index contributed by atoms with van der Waals surface area (Å²) in [5.74, 6) is 0. The molecule has 1 aliphatic rings. The van der Waals surface area contributed by atoms with Crippen molar-refractivity contribution < 1.29 is 5.11 Å². The SMILES string of the molecule is OCC1(S)CCCNC1. The average Bonchev–Trinajstić information content (AvgIpc) is 1.90. The third-order valence-corrected chi connectivity index (χ3v) is 2.27. The fourth-order valence-corrected chi connectivity index (χ4v) is 1.36. The summed E-state index contributed by atoms with van der Waals surface area (Å²) in [7, 11) is 0. The van der Waals surface area contributed by atoms with E-state index in [1.165, 1.54) is 0 Å². The molecule has 1 heterocycles. The lowest BCUT2D eigenvalue weighted by molar-refractivity contribution is 0.223. The molecule has 0 aliphatic carbocycles. The van der Waals surface area contributed by atoms with Gasteiger partial charge < -0.3 is 10.4 Å². The Kier molecular flexibility index (Phi) is 2.38. The summed E-state index contributed by atoms with van der Waals surface area (Å²) in [5, 5.41) is 12.0. The molecule has 1 fully saturated rings. The summed E-state index contributed by atoms with van der Waals surface area (Å²) >= 11 is 4.34. The molecule has 0 aromatic rings. The lowest BCUT2D eigenvalue weighted by Gasteiger charge is -2.30. The van der Waals surface area contributed by atoms with E-state index in [-0.39, 0.29) is 11.4 Å². The zero-order valence-electron chi connectivity index (χ0n) is 5.43. The molecule has 1 unspecified atom stereocenters. The molecule has 0 aromatic carbocycles. The first-order chi connectivity index (χ1) is 4.27. The maximum atomic E-state index is 8.83. The van der Waals surface area contributed by atoms with E-state index in [1.54, 1.807) is 0 Å². The van der Waals surface area contributed by atoms with Crippen LogP contribution in [0.4, 0.5) is 0 Å². The number of aliphatic hydroxyl groups excluding tert-OH is 1. The van der Waals surface area contributed by atoms with Gasteiger partial charge in [0, 0.05) is 11.3 Å². The lowest BCUT2D eigenvalue weighted by Crippen LogP contribution is -2.43. The van der Waals surface area contributed by atoms with Crippen LogP contribution in [-0.2, 0) is 0 Å². The predicted octanol–water partition coefficient (Wildman–Crippen LogP) is 0.0307. The van der Waals surface area contributed by atoms with Gasteiger partial charge in [0.1, 0.15) is 0 Å². The molecule has 0 bridgehead atoms. The van der Waals surface area contributed by atoms with Crippen molar-refractivity contribution in [3.8, 4) is 0 Å². The van der Waals surface area contributed by atoms with Crippen LogP contribution in [0, 0.1) is 0 Å². The van der Waals surface area contributed by atoms with E-state index >= 15 is 0 Å². The number of aliphatic hydroxyl groups is 1. The fraction of sp³-hybridized carbons (Fsp3) is 1.00. The van der Waals surface area contributed by atoms with Crippen LogP contribution in [0.5, 0.6) is 0 Å². The van der Waals surface area contributed by atoms with Crippen molar-refractivity contribution in [2.45, 2.75) is 17.6 Å². The van der Waals surface area contributed by atoms with Crippen molar-refractivity contribution >= 4 is 12.6 Å². The van der Waals surface area contributed by atoms with Gasteiger partial charge in [-0.1, -0.05) is 0 Å². The van der Waals surface area contributed by atoms with Gasteiger partial charge in [-0.15, -0.1) is 0 Å². The molecule has 3 heteroatoms. The van der Waals surface area contributed by atoms with Gasteiger partial charge in [-0.05, 0) is 19.4 Å². The topological polar surface area (TPSA) is 32.3 Å². The van der Waals surface area contributed by atoms with Gasteiger partial charge in [-0.2, -0.15) is 12.6 Å². The van der Waals surface area contributed by atoms with Crippen LogP contribution >= 0.6 is 12.6 Å². The van der Waals surface area contributed by atoms with Crippen LogP contribution in [0.2, 0.25) is 0 Å². The monoisotopic (exact) mass is 147 g/mol. The van der Waals surface area contributed by atoms with Crippen molar-refractivity contribution in [3.63, 3.8) is 0 Å². The largest absolute Gasteiger partial charge is 0.395 e. The third-order valence-electron chi connectivity index (χ3n) is 1.74. The van der Waals surface area contributed by atoms with Crippen LogP contribution in [0.15, 0.2) is 0 Å². The summed E-state index contributed by atoms with van der Waals surface area (Å²) in [6.45, 7) is 2.10. The second-order valence-electron chi connectivity index (χ2n) is 2.66. The molecule has 1 saturated heterocycles. The summed E-state index contributed by atoms with van der Waals surface area (Å²) in [6, 6.07) is 0. The highest BCUT2D eigenvalue weighted by molar-refractivity contribution is 7.81. The first kappa shape index (κ1) is 7.38. The van der Waals surface area contributed by atoms with Crippen molar-refractivity contribution in [2.24, 2.45) is 0 Å². The van der Waals surface area contributed by atoms with Gasteiger partial charge in [0.15, 0.2) is 0 Å². The lowest BCUT2D eigenvalue weighted by atomic mass is 10.00. The third kappa shape index (κ3) is 1.85. The highest BCUT2D eigenvalue weighted by Gasteiger charge is 2.26. The molecule has 2 nitrogen and oxygen atoms in total. The van der Waals surface area contributed by atoms with E-state index in [0.717, 1.165) is 25.9 Å². The Morgan fingerprint density at radius 3 is 2.78 bits per heavy atom. The molecule has 0 spiro atoms. The summed E-state index contributed by atoms with van der Waals surface area (Å²) in [5.41, 5.74) is 0. The van der Waals surface area contributed by atoms with E-state index in [9.17, 15) is 0 Å². The van der Waals surface area contributed by atoms with Crippen LogP contribution in [0.1, 0.15) is 12.8 Å². The number of piperidine rings is 1. The Bertz CT molecular complexity index is 91.1. The van der Waals surface area contributed by atoms with Crippen LogP contribution in [-0.4, -0.2) is 29.5 Å². The Hall–Kier alpha value is 0.270. The van der Waals surface area contributed by atoms with E-state index in [1.807, 2.05) is 0 Å². The first-order valence-electron chi connectivity index (χ1n) is 3.31. The fourth-order valence-electron chi connectivity index (χ4n) is 1.09. The second-order valence-corrected chi connectivity index (χ2v) is 3.61. The Labute approximate surface area is 61.1 Å². The number of nitrogens with one attached hydrogen (secondary N) is 1. The Morgan fingerprint density at radius 2 is 2.44 bits per heavy atom. The van der Waals surface area contributed by atoms with E-state index < -0.39 is 0 Å². The minimum absolute atomic E-state index is 0.141. The van der Waals surface area contributed by atoms with Crippen LogP contribution in [0.25, 0.3) is 0 Å². The van der Waals surface area contributed by atoms with Gasteiger partial charge >= 0.3 is 0 Å². The highest BCUT2D eigenvalue weighted by Crippen LogP contribution is 2.21. The van der Waals surface area contributed by atoms with Crippen molar-refractivity contribution in [2.75, 3.05) is 19.7 Å². The van der Waals surface area contributed by atoms with E-state index in [4.69, 9.17) is 5.11 Å².